The molecule has 0 aliphatic heterocycles. The minimum atomic E-state index is 0.310. The van der Waals surface area contributed by atoms with Crippen LogP contribution in [-0.2, 0) is 6.42 Å². The first-order valence-corrected chi connectivity index (χ1v) is 3.42. The van der Waals surface area contributed by atoms with Gasteiger partial charge in [-0.1, -0.05) is 6.92 Å². The van der Waals surface area contributed by atoms with Crippen LogP contribution in [-0.4, -0.2) is 4.98 Å². The molecule has 0 spiro atoms. The van der Waals surface area contributed by atoms with Crippen molar-refractivity contribution in [3.63, 3.8) is 0 Å². The summed E-state index contributed by atoms with van der Waals surface area (Å²) in [7, 11) is 0. The van der Waals surface area contributed by atoms with E-state index in [1.807, 2.05) is 13.0 Å². The molecule has 56 valence electrons. The molecule has 1 aromatic rings. The van der Waals surface area contributed by atoms with Crippen LogP contribution in [0.3, 0.4) is 0 Å². The summed E-state index contributed by atoms with van der Waals surface area (Å²) in [6.45, 7) is 2.01. The van der Waals surface area contributed by atoms with Crippen molar-refractivity contribution in [2.75, 3.05) is 5.73 Å². The predicted octanol–water partition coefficient (Wildman–Crippen LogP) is 1.10. The summed E-state index contributed by atoms with van der Waals surface area (Å²) >= 11 is 0. The average Bonchev–Trinajstić information content (AvgIpc) is 2.05. The first kappa shape index (κ1) is 7.55. The lowest BCUT2D eigenvalue weighted by molar-refractivity contribution is 1.10. The van der Waals surface area contributed by atoms with E-state index < -0.39 is 0 Å². The molecule has 0 atom stereocenters. The molecular weight excluding hydrogens is 138 g/mol. The van der Waals surface area contributed by atoms with Gasteiger partial charge in [0, 0.05) is 6.20 Å². The van der Waals surface area contributed by atoms with Crippen molar-refractivity contribution in [3.05, 3.63) is 23.4 Å². The average molecular weight is 147 g/mol. The zero-order chi connectivity index (χ0) is 8.27. The molecule has 0 unspecified atom stereocenters. The maximum absolute atomic E-state index is 8.57. The highest BCUT2D eigenvalue weighted by Gasteiger charge is 1.98. The minimum Gasteiger partial charge on any atom is -0.383 e. The monoisotopic (exact) mass is 147 g/mol. The molecule has 0 aromatic carbocycles. The minimum absolute atomic E-state index is 0.310. The third-order valence-corrected chi connectivity index (χ3v) is 1.50. The van der Waals surface area contributed by atoms with Crippen LogP contribution in [0.1, 0.15) is 18.1 Å². The predicted molar refractivity (Wildman–Crippen MR) is 42.7 cm³/mol. The molecule has 0 aliphatic rings. The number of nitrogens with zero attached hydrogens (tertiary/aromatic N) is 2. The highest BCUT2D eigenvalue weighted by atomic mass is 14.8. The fourth-order valence-electron chi connectivity index (χ4n) is 0.802. The third-order valence-electron chi connectivity index (χ3n) is 1.50. The van der Waals surface area contributed by atoms with Crippen molar-refractivity contribution in [2.24, 2.45) is 0 Å². The van der Waals surface area contributed by atoms with Crippen LogP contribution in [0, 0.1) is 11.3 Å². The maximum Gasteiger partial charge on any atom is 0.141 e. The van der Waals surface area contributed by atoms with Crippen LogP contribution in [0.15, 0.2) is 12.3 Å². The van der Waals surface area contributed by atoms with Crippen LogP contribution >= 0.6 is 0 Å². The molecule has 0 fully saturated rings. The van der Waals surface area contributed by atoms with Gasteiger partial charge in [-0.2, -0.15) is 5.26 Å². The zero-order valence-electron chi connectivity index (χ0n) is 6.33. The van der Waals surface area contributed by atoms with Crippen LogP contribution in [0.5, 0.6) is 0 Å². The van der Waals surface area contributed by atoms with Crippen molar-refractivity contribution in [1.82, 2.24) is 4.98 Å². The number of hydrogen-bond acceptors (Lipinski definition) is 3. The smallest absolute Gasteiger partial charge is 0.141 e. The van der Waals surface area contributed by atoms with E-state index in [1.54, 1.807) is 12.3 Å². The van der Waals surface area contributed by atoms with E-state index in [2.05, 4.69) is 4.98 Å². The normalized spacial score (nSPS) is 9.09. The molecule has 1 rings (SSSR count). The SMILES string of the molecule is CCc1cnc(N)c(C#N)c1. The standard InChI is InChI=1S/C8H9N3/c1-2-6-3-7(4-9)8(10)11-5-6/h3,5H,2H2,1H3,(H2,10,11). The van der Waals surface area contributed by atoms with Crippen molar-refractivity contribution < 1.29 is 0 Å². The number of nitriles is 1. The molecule has 0 radical (unpaired) electrons. The Morgan fingerprint density at radius 2 is 2.45 bits per heavy atom. The Morgan fingerprint density at radius 3 is 3.00 bits per heavy atom. The van der Waals surface area contributed by atoms with Crippen molar-refractivity contribution in [1.29, 1.82) is 5.26 Å². The number of nitrogen functional groups attached to an aromatic ring is 1. The largest absolute Gasteiger partial charge is 0.383 e. The Balaban J connectivity index is 3.15. The molecule has 0 aliphatic carbocycles. The van der Waals surface area contributed by atoms with Gasteiger partial charge in [-0.3, -0.25) is 0 Å². The second-order valence-corrected chi connectivity index (χ2v) is 2.24. The van der Waals surface area contributed by atoms with Gasteiger partial charge in [-0.15, -0.1) is 0 Å². The highest BCUT2D eigenvalue weighted by Crippen LogP contribution is 2.09. The molecule has 0 saturated heterocycles. The summed E-state index contributed by atoms with van der Waals surface area (Å²) in [4.78, 5) is 3.88. The maximum atomic E-state index is 8.57. The summed E-state index contributed by atoms with van der Waals surface area (Å²) in [6, 6.07) is 3.75. The molecule has 1 aromatic heterocycles. The third kappa shape index (κ3) is 1.47. The van der Waals surface area contributed by atoms with Gasteiger partial charge >= 0.3 is 0 Å². The number of pyridine rings is 1. The molecule has 11 heavy (non-hydrogen) atoms. The molecular formula is C8H9N3. The molecule has 2 N–H and O–H groups in total. The van der Waals surface area contributed by atoms with E-state index in [4.69, 9.17) is 11.0 Å². The van der Waals surface area contributed by atoms with Crippen LogP contribution < -0.4 is 5.73 Å². The summed E-state index contributed by atoms with van der Waals surface area (Å²) in [5.74, 6) is 0.310. The Hall–Kier alpha value is -1.56. The summed E-state index contributed by atoms with van der Waals surface area (Å²) in [5.41, 5.74) is 6.92. The van der Waals surface area contributed by atoms with Gasteiger partial charge in [0.2, 0.25) is 0 Å². The summed E-state index contributed by atoms with van der Waals surface area (Å²) < 4.78 is 0. The van der Waals surface area contributed by atoms with E-state index in [1.165, 1.54) is 0 Å². The quantitative estimate of drug-likeness (QED) is 0.646. The Labute approximate surface area is 65.5 Å². The van der Waals surface area contributed by atoms with E-state index in [-0.39, 0.29) is 0 Å². The molecule has 0 bridgehead atoms. The lowest BCUT2D eigenvalue weighted by Crippen LogP contribution is -1.95. The number of hydrogen-bond donors (Lipinski definition) is 1. The first-order chi connectivity index (χ1) is 5.27. The van der Waals surface area contributed by atoms with E-state index in [0.717, 1.165) is 12.0 Å². The number of anilines is 1. The van der Waals surface area contributed by atoms with Crippen LogP contribution in [0.4, 0.5) is 5.82 Å². The summed E-state index contributed by atoms with van der Waals surface area (Å²) in [5, 5.41) is 8.57. The first-order valence-electron chi connectivity index (χ1n) is 3.42. The van der Waals surface area contributed by atoms with Crippen molar-refractivity contribution in [3.8, 4) is 6.07 Å². The van der Waals surface area contributed by atoms with Gasteiger partial charge in [0.1, 0.15) is 11.9 Å². The molecule has 0 amide bonds. The molecule has 1 heterocycles. The Bertz CT molecular complexity index is 299. The zero-order valence-corrected chi connectivity index (χ0v) is 6.33. The van der Waals surface area contributed by atoms with Gasteiger partial charge in [0.15, 0.2) is 0 Å². The topological polar surface area (TPSA) is 62.7 Å². The molecule has 0 saturated carbocycles. The van der Waals surface area contributed by atoms with Crippen molar-refractivity contribution in [2.45, 2.75) is 13.3 Å². The fourth-order valence-corrected chi connectivity index (χ4v) is 0.802. The lowest BCUT2D eigenvalue weighted by Gasteiger charge is -1.98. The van der Waals surface area contributed by atoms with Gasteiger partial charge in [0.25, 0.3) is 0 Å². The molecule has 3 nitrogen and oxygen atoms in total. The van der Waals surface area contributed by atoms with E-state index >= 15 is 0 Å². The number of rotatable bonds is 1. The van der Waals surface area contributed by atoms with Gasteiger partial charge < -0.3 is 5.73 Å². The highest BCUT2D eigenvalue weighted by molar-refractivity contribution is 5.48. The van der Waals surface area contributed by atoms with Gasteiger partial charge in [-0.05, 0) is 18.1 Å². The second-order valence-electron chi connectivity index (χ2n) is 2.24. The number of nitrogens with two attached hydrogens (primary N) is 1. The van der Waals surface area contributed by atoms with Gasteiger partial charge in [0.05, 0.1) is 5.56 Å². The molecule has 3 heteroatoms. The lowest BCUT2D eigenvalue weighted by atomic mass is 10.1. The summed E-state index contributed by atoms with van der Waals surface area (Å²) in [6.07, 6.45) is 2.57. The van der Waals surface area contributed by atoms with Gasteiger partial charge in [-0.25, -0.2) is 4.98 Å². The Morgan fingerprint density at radius 1 is 1.73 bits per heavy atom. The van der Waals surface area contributed by atoms with E-state index in [0.29, 0.717) is 11.4 Å². The fraction of sp³-hybridized carbons (Fsp3) is 0.250. The van der Waals surface area contributed by atoms with Crippen LogP contribution in [0.2, 0.25) is 0 Å². The number of aryl methyl sites for hydroxylation is 1. The van der Waals surface area contributed by atoms with Crippen molar-refractivity contribution >= 4 is 5.82 Å². The Kier molecular flexibility index (Phi) is 2.07. The second kappa shape index (κ2) is 3.02. The number of aromatic nitrogens is 1. The van der Waals surface area contributed by atoms with Crippen LogP contribution in [0.25, 0.3) is 0 Å². The van der Waals surface area contributed by atoms with E-state index in [9.17, 15) is 0 Å².